The van der Waals surface area contributed by atoms with Gasteiger partial charge in [0.1, 0.15) is 0 Å². The van der Waals surface area contributed by atoms with Crippen LogP contribution in [0.5, 0.6) is 0 Å². The number of aromatic nitrogens is 2. The van der Waals surface area contributed by atoms with Crippen molar-refractivity contribution in [3.8, 4) is 0 Å². The van der Waals surface area contributed by atoms with Crippen LogP contribution >= 0.6 is 0 Å². The molecular weight excluding hydrogens is 304 g/mol. The van der Waals surface area contributed by atoms with E-state index < -0.39 is 17.6 Å². The van der Waals surface area contributed by atoms with Gasteiger partial charge in [-0.2, -0.15) is 0 Å². The molecule has 1 aromatic carbocycles. The SMILES string of the molecule is CCC1c2ccc(F)c(F)c2CCN1c1cnc(C(=O)O)nc1. The predicted octanol–water partition coefficient (Wildman–Crippen LogP) is 2.97. The maximum absolute atomic E-state index is 14.0. The second-order valence-corrected chi connectivity index (χ2v) is 5.37. The molecule has 23 heavy (non-hydrogen) atoms. The van der Waals surface area contributed by atoms with E-state index in [4.69, 9.17) is 5.11 Å². The zero-order valence-corrected chi connectivity index (χ0v) is 12.5. The molecule has 0 amide bonds. The van der Waals surface area contributed by atoms with Crippen LogP contribution in [0.4, 0.5) is 14.5 Å². The summed E-state index contributed by atoms with van der Waals surface area (Å²) in [5.74, 6) is -3.07. The highest BCUT2D eigenvalue weighted by Gasteiger charge is 2.29. The second kappa shape index (κ2) is 5.91. The van der Waals surface area contributed by atoms with Crippen molar-refractivity contribution in [3.05, 3.63) is 53.1 Å². The molecule has 2 aromatic rings. The molecule has 2 heterocycles. The van der Waals surface area contributed by atoms with E-state index >= 15 is 0 Å². The Morgan fingerprint density at radius 3 is 2.65 bits per heavy atom. The van der Waals surface area contributed by atoms with Gasteiger partial charge in [-0.3, -0.25) is 0 Å². The topological polar surface area (TPSA) is 66.3 Å². The van der Waals surface area contributed by atoms with Crippen molar-refractivity contribution < 1.29 is 18.7 Å². The molecule has 7 heteroatoms. The summed E-state index contributed by atoms with van der Waals surface area (Å²) in [5, 5.41) is 8.86. The van der Waals surface area contributed by atoms with Crippen LogP contribution < -0.4 is 4.90 Å². The first-order valence-corrected chi connectivity index (χ1v) is 7.31. The van der Waals surface area contributed by atoms with E-state index in [2.05, 4.69) is 9.97 Å². The van der Waals surface area contributed by atoms with Gasteiger partial charge in [0.2, 0.25) is 5.82 Å². The predicted molar refractivity (Wildman–Crippen MR) is 79.4 cm³/mol. The zero-order chi connectivity index (χ0) is 16.6. The highest BCUT2D eigenvalue weighted by Crippen LogP contribution is 2.36. The average molecular weight is 319 g/mol. The molecule has 0 fully saturated rings. The van der Waals surface area contributed by atoms with Gasteiger partial charge in [0.15, 0.2) is 11.6 Å². The molecule has 0 bridgehead atoms. The average Bonchev–Trinajstić information content (AvgIpc) is 2.57. The van der Waals surface area contributed by atoms with E-state index in [9.17, 15) is 13.6 Å². The quantitative estimate of drug-likeness (QED) is 0.942. The normalized spacial score (nSPS) is 17.0. The Morgan fingerprint density at radius 2 is 2.04 bits per heavy atom. The molecule has 1 aromatic heterocycles. The number of carbonyl (C=O) groups is 1. The zero-order valence-electron chi connectivity index (χ0n) is 12.5. The fourth-order valence-electron chi connectivity index (χ4n) is 3.06. The third-order valence-electron chi connectivity index (χ3n) is 4.12. The number of nitrogens with zero attached hydrogens (tertiary/aromatic N) is 3. The number of anilines is 1. The maximum atomic E-state index is 14.0. The summed E-state index contributed by atoms with van der Waals surface area (Å²) in [4.78, 5) is 20.5. The lowest BCUT2D eigenvalue weighted by molar-refractivity contribution is 0.0683. The summed E-state index contributed by atoms with van der Waals surface area (Å²) in [7, 11) is 0. The molecule has 120 valence electrons. The van der Waals surface area contributed by atoms with E-state index in [-0.39, 0.29) is 11.9 Å². The van der Waals surface area contributed by atoms with Crippen LogP contribution in [0.25, 0.3) is 0 Å². The van der Waals surface area contributed by atoms with Gasteiger partial charge >= 0.3 is 5.97 Å². The van der Waals surface area contributed by atoms with Crippen LogP contribution in [0.1, 0.15) is 41.1 Å². The summed E-state index contributed by atoms with van der Waals surface area (Å²) < 4.78 is 27.4. The molecule has 0 aliphatic carbocycles. The van der Waals surface area contributed by atoms with Gasteiger partial charge in [-0.05, 0) is 30.0 Å². The lowest BCUT2D eigenvalue weighted by Crippen LogP contribution is -2.36. The molecule has 1 atom stereocenters. The molecule has 0 radical (unpaired) electrons. The summed E-state index contributed by atoms with van der Waals surface area (Å²) in [5.41, 5.74) is 1.83. The molecule has 0 saturated carbocycles. The largest absolute Gasteiger partial charge is 0.475 e. The number of fused-ring (bicyclic) bond motifs is 1. The van der Waals surface area contributed by atoms with Crippen molar-refractivity contribution in [2.75, 3.05) is 11.4 Å². The van der Waals surface area contributed by atoms with Crippen molar-refractivity contribution in [3.63, 3.8) is 0 Å². The van der Waals surface area contributed by atoms with Gasteiger partial charge in [0.25, 0.3) is 0 Å². The third-order valence-corrected chi connectivity index (χ3v) is 4.12. The Bertz CT molecular complexity index is 750. The number of hydrogen-bond donors (Lipinski definition) is 1. The number of carboxylic acids is 1. The minimum atomic E-state index is -1.19. The van der Waals surface area contributed by atoms with Gasteiger partial charge in [-0.25, -0.2) is 23.5 Å². The highest BCUT2D eigenvalue weighted by molar-refractivity contribution is 5.83. The van der Waals surface area contributed by atoms with Gasteiger partial charge in [-0.1, -0.05) is 13.0 Å². The fraction of sp³-hybridized carbons (Fsp3) is 0.312. The second-order valence-electron chi connectivity index (χ2n) is 5.37. The van der Waals surface area contributed by atoms with Crippen molar-refractivity contribution >= 4 is 11.7 Å². The molecule has 1 N–H and O–H groups in total. The lowest BCUT2D eigenvalue weighted by atomic mass is 9.90. The van der Waals surface area contributed by atoms with Crippen LogP contribution in [0.15, 0.2) is 24.5 Å². The number of hydrogen-bond acceptors (Lipinski definition) is 4. The highest BCUT2D eigenvalue weighted by atomic mass is 19.2. The molecule has 0 saturated heterocycles. The van der Waals surface area contributed by atoms with Crippen molar-refractivity contribution in [2.45, 2.75) is 25.8 Å². The Kier molecular flexibility index (Phi) is 3.94. The minimum Gasteiger partial charge on any atom is -0.475 e. The first-order valence-electron chi connectivity index (χ1n) is 7.31. The molecule has 1 unspecified atom stereocenters. The number of benzene rings is 1. The standard InChI is InChI=1S/C16H15F2N3O2/c1-2-13-10-3-4-12(17)14(18)11(10)5-6-21(13)9-7-19-15(16(22)23)20-8-9/h3-4,7-8,13H,2,5-6H2,1H3,(H,22,23). The Balaban J connectivity index is 1.98. The van der Waals surface area contributed by atoms with Gasteiger partial charge in [0.05, 0.1) is 24.1 Å². The van der Waals surface area contributed by atoms with E-state index in [0.717, 1.165) is 11.6 Å². The molecule has 1 aliphatic heterocycles. The lowest BCUT2D eigenvalue weighted by Gasteiger charge is -2.38. The van der Waals surface area contributed by atoms with Gasteiger partial charge in [0, 0.05) is 6.54 Å². The number of aromatic carboxylic acids is 1. The van der Waals surface area contributed by atoms with Crippen LogP contribution in [0, 0.1) is 11.6 Å². The third kappa shape index (κ3) is 2.62. The molecule has 3 rings (SSSR count). The minimum absolute atomic E-state index is 0.131. The number of rotatable bonds is 3. The summed E-state index contributed by atoms with van der Waals surface area (Å²) in [6, 6.07) is 2.62. The summed E-state index contributed by atoms with van der Waals surface area (Å²) >= 11 is 0. The van der Waals surface area contributed by atoms with Gasteiger partial charge < -0.3 is 10.0 Å². The van der Waals surface area contributed by atoms with Crippen molar-refractivity contribution in [2.24, 2.45) is 0 Å². The Hall–Kier alpha value is -2.57. The van der Waals surface area contributed by atoms with Crippen LogP contribution in [-0.2, 0) is 6.42 Å². The van der Waals surface area contributed by atoms with Crippen molar-refractivity contribution in [1.82, 2.24) is 9.97 Å². The van der Waals surface area contributed by atoms with E-state index in [1.807, 2.05) is 11.8 Å². The van der Waals surface area contributed by atoms with Crippen LogP contribution in [-0.4, -0.2) is 27.6 Å². The van der Waals surface area contributed by atoms with Crippen LogP contribution in [0.2, 0.25) is 0 Å². The number of halogens is 2. The monoisotopic (exact) mass is 319 g/mol. The molecular formula is C16H15F2N3O2. The molecule has 1 aliphatic rings. The van der Waals surface area contributed by atoms with Gasteiger partial charge in [-0.15, -0.1) is 0 Å². The summed E-state index contributed by atoms with van der Waals surface area (Å²) in [6.45, 7) is 2.45. The van der Waals surface area contributed by atoms with E-state index in [1.54, 1.807) is 6.07 Å². The smallest absolute Gasteiger partial charge is 0.373 e. The first kappa shape index (κ1) is 15.3. The fourth-order valence-corrected chi connectivity index (χ4v) is 3.06. The van der Waals surface area contributed by atoms with Crippen LogP contribution in [0.3, 0.4) is 0 Å². The van der Waals surface area contributed by atoms with E-state index in [0.29, 0.717) is 30.6 Å². The Morgan fingerprint density at radius 1 is 1.35 bits per heavy atom. The van der Waals surface area contributed by atoms with E-state index in [1.165, 1.54) is 12.4 Å². The first-order chi connectivity index (χ1) is 11.0. The number of carboxylic acid groups (broad SMARTS) is 1. The van der Waals surface area contributed by atoms with Crippen molar-refractivity contribution in [1.29, 1.82) is 0 Å². The summed E-state index contributed by atoms with van der Waals surface area (Å²) in [6.07, 6.45) is 3.96. The maximum Gasteiger partial charge on any atom is 0.373 e. The molecule has 0 spiro atoms. The Labute approximate surface area is 131 Å². The molecule has 5 nitrogen and oxygen atoms in total.